The number of carbonyl (C=O) groups is 2. The van der Waals surface area contributed by atoms with Gasteiger partial charge in [0.05, 0.1) is 33.0 Å². The second-order valence-electron chi connectivity index (χ2n) is 8.10. The van der Waals surface area contributed by atoms with Crippen LogP contribution < -0.4 is 10.2 Å². The number of hydrogen-bond donors (Lipinski definition) is 1. The Hall–Kier alpha value is -3.28. The lowest BCUT2D eigenvalue weighted by Crippen LogP contribution is -2.55. The zero-order valence-electron chi connectivity index (χ0n) is 17.0. The van der Waals surface area contributed by atoms with E-state index < -0.39 is 11.6 Å². The molecular formula is C23H21N5O2S. The normalized spacial score (nSPS) is 19.5. The molecule has 3 amide bonds. The maximum Gasteiger partial charge on any atom is 0.329 e. The van der Waals surface area contributed by atoms with E-state index in [-0.39, 0.29) is 11.9 Å². The number of likely N-dealkylation sites (tertiary alicyclic amines) is 1. The van der Waals surface area contributed by atoms with Crippen LogP contribution in [0.15, 0.2) is 48.0 Å². The lowest BCUT2D eigenvalue weighted by molar-refractivity contribution is -0.124. The Labute approximate surface area is 183 Å². The largest absolute Gasteiger partial charge is 0.329 e. The molecule has 0 bridgehead atoms. The van der Waals surface area contributed by atoms with Crippen molar-refractivity contribution in [3.05, 3.63) is 59.1 Å². The number of nitriles is 1. The second kappa shape index (κ2) is 7.45. The van der Waals surface area contributed by atoms with E-state index in [4.69, 9.17) is 5.26 Å². The van der Waals surface area contributed by atoms with Crippen molar-refractivity contribution in [2.24, 2.45) is 0 Å². The number of anilines is 1. The predicted octanol–water partition coefficient (Wildman–Crippen LogP) is 3.82. The van der Waals surface area contributed by atoms with Crippen LogP contribution in [0.5, 0.6) is 0 Å². The molecule has 7 nitrogen and oxygen atoms in total. The summed E-state index contributed by atoms with van der Waals surface area (Å²) < 4.78 is 1.18. The first-order chi connectivity index (χ1) is 15.0. The number of imide groups is 1. The Balaban J connectivity index is 1.31. The highest BCUT2D eigenvalue weighted by molar-refractivity contribution is 7.16. The molecule has 8 heteroatoms. The molecule has 2 aliphatic rings. The Kier molecular flexibility index (Phi) is 4.73. The van der Waals surface area contributed by atoms with Crippen LogP contribution in [0.25, 0.3) is 10.2 Å². The van der Waals surface area contributed by atoms with E-state index in [2.05, 4.69) is 40.3 Å². The first-order valence-corrected chi connectivity index (χ1v) is 11.1. The molecule has 1 atom stereocenters. The summed E-state index contributed by atoms with van der Waals surface area (Å²) >= 11 is 1.63. The quantitative estimate of drug-likeness (QED) is 0.637. The van der Waals surface area contributed by atoms with Crippen LogP contribution >= 0.6 is 11.3 Å². The van der Waals surface area contributed by atoms with Crippen LogP contribution in [0.1, 0.15) is 36.9 Å². The van der Waals surface area contributed by atoms with Gasteiger partial charge in [-0.25, -0.2) is 14.7 Å². The van der Waals surface area contributed by atoms with Gasteiger partial charge < -0.3 is 5.32 Å². The van der Waals surface area contributed by atoms with E-state index >= 15 is 0 Å². The lowest BCUT2D eigenvalue weighted by atomic mass is 9.86. The third-order valence-electron chi connectivity index (χ3n) is 6.45. The molecule has 31 heavy (non-hydrogen) atoms. The van der Waals surface area contributed by atoms with E-state index in [1.54, 1.807) is 35.6 Å². The number of fused-ring (bicyclic) bond motifs is 1. The molecule has 2 fully saturated rings. The molecule has 0 unspecified atom stereocenters. The summed E-state index contributed by atoms with van der Waals surface area (Å²) in [5, 5.41) is 11.9. The molecule has 0 radical (unpaired) electrons. The number of carbonyl (C=O) groups excluding carboxylic acids is 2. The van der Waals surface area contributed by atoms with E-state index in [9.17, 15) is 9.59 Å². The summed E-state index contributed by atoms with van der Waals surface area (Å²) in [5.41, 5.74) is 4.20. The summed E-state index contributed by atoms with van der Waals surface area (Å²) in [6.07, 6.45) is 1.13. The van der Waals surface area contributed by atoms with E-state index in [0.717, 1.165) is 5.52 Å². The minimum absolute atomic E-state index is 0.199. The van der Waals surface area contributed by atoms with Gasteiger partial charge in [-0.05, 0) is 61.7 Å². The summed E-state index contributed by atoms with van der Waals surface area (Å²) in [5.74, 6) is -0.210. The third-order valence-corrected chi connectivity index (χ3v) is 7.26. The fourth-order valence-electron chi connectivity index (χ4n) is 4.52. The number of amides is 3. The van der Waals surface area contributed by atoms with Crippen molar-refractivity contribution in [3.63, 3.8) is 0 Å². The topological polar surface area (TPSA) is 89.3 Å². The molecule has 0 saturated carbocycles. The first-order valence-electron chi connectivity index (χ1n) is 10.2. The molecule has 2 aromatic carbocycles. The fourth-order valence-corrected chi connectivity index (χ4v) is 5.18. The van der Waals surface area contributed by atoms with E-state index in [0.29, 0.717) is 37.2 Å². The monoisotopic (exact) mass is 431 g/mol. The number of nitrogens with zero attached hydrogens (tertiary/aromatic N) is 4. The standard InChI is InChI=1S/C23H21N5O2S/c1-15(17-4-7-20-19(12-17)25-14-31-20)27-10-8-23(9-11-27)21(29)28(22(30)26-23)18-5-2-16(13-24)3-6-18/h2-7,12,14-15H,8-11H2,1H3,(H,26,30)/t15-/m0/s1. The Morgan fingerprint density at radius 3 is 2.61 bits per heavy atom. The van der Waals surface area contributed by atoms with Crippen molar-refractivity contribution < 1.29 is 9.59 Å². The highest BCUT2D eigenvalue weighted by Crippen LogP contribution is 2.35. The number of piperidine rings is 1. The Bertz CT molecular complexity index is 1200. The number of aromatic nitrogens is 1. The minimum atomic E-state index is -0.861. The van der Waals surface area contributed by atoms with Crippen molar-refractivity contribution >= 4 is 39.2 Å². The number of rotatable bonds is 3. The number of urea groups is 1. The average molecular weight is 432 g/mol. The third kappa shape index (κ3) is 3.26. The molecule has 1 spiro atoms. The molecule has 156 valence electrons. The first kappa shape index (κ1) is 19.7. The SMILES string of the molecule is C[C@@H](c1ccc2scnc2c1)N1CCC2(CC1)NC(=O)N(c1ccc(C#N)cc1)C2=O. The molecule has 5 rings (SSSR count). The molecule has 2 aliphatic heterocycles. The molecule has 1 N–H and O–H groups in total. The zero-order valence-corrected chi connectivity index (χ0v) is 17.9. The van der Waals surface area contributed by atoms with Crippen LogP contribution in [0.2, 0.25) is 0 Å². The molecule has 2 saturated heterocycles. The van der Waals surface area contributed by atoms with E-state index in [1.165, 1.54) is 15.2 Å². The smallest absolute Gasteiger partial charge is 0.323 e. The van der Waals surface area contributed by atoms with Crippen LogP contribution in [0.3, 0.4) is 0 Å². The van der Waals surface area contributed by atoms with E-state index in [1.807, 2.05) is 11.6 Å². The molecule has 1 aromatic heterocycles. The van der Waals surface area contributed by atoms with Crippen molar-refractivity contribution in [2.45, 2.75) is 31.3 Å². The highest BCUT2D eigenvalue weighted by Gasteiger charge is 2.53. The molecule has 3 aromatic rings. The fraction of sp³-hybridized carbons (Fsp3) is 0.304. The maximum absolute atomic E-state index is 13.3. The number of thiazole rings is 1. The van der Waals surface area contributed by atoms with Gasteiger partial charge in [-0.2, -0.15) is 5.26 Å². The summed E-state index contributed by atoms with van der Waals surface area (Å²) in [6.45, 7) is 3.59. The average Bonchev–Trinajstić information content (AvgIpc) is 3.36. The maximum atomic E-state index is 13.3. The van der Waals surface area contributed by atoms with Gasteiger partial charge in [0, 0.05) is 19.1 Å². The predicted molar refractivity (Wildman–Crippen MR) is 119 cm³/mol. The van der Waals surface area contributed by atoms with Gasteiger partial charge in [0.15, 0.2) is 0 Å². The van der Waals surface area contributed by atoms with Gasteiger partial charge in [-0.15, -0.1) is 11.3 Å². The van der Waals surface area contributed by atoms with Crippen LogP contribution in [0.4, 0.5) is 10.5 Å². The number of nitrogens with one attached hydrogen (secondary N) is 1. The number of hydrogen-bond acceptors (Lipinski definition) is 6. The van der Waals surface area contributed by atoms with Crippen molar-refractivity contribution in [3.8, 4) is 6.07 Å². The van der Waals surface area contributed by atoms with Crippen LogP contribution in [-0.2, 0) is 4.79 Å². The Morgan fingerprint density at radius 1 is 1.16 bits per heavy atom. The van der Waals surface area contributed by atoms with Crippen molar-refractivity contribution in [1.29, 1.82) is 5.26 Å². The molecular weight excluding hydrogens is 410 g/mol. The van der Waals surface area contributed by atoms with Gasteiger partial charge >= 0.3 is 6.03 Å². The van der Waals surface area contributed by atoms with Crippen LogP contribution in [0, 0.1) is 11.3 Å². The summed E-state index contributed by atoms with van der Waals surface area (Å²) in [6, 6.07) is 14.8. The minimum Gasteiger partial charge on any atom is -0.323 e. The van der Waals surface area contributed by atoms with Gasteiger partial charge in [-0.1, -0.05) is 6.07 Å². The van der Waals surface area contributed by atoms with Gasteiger partial charge in [0.25, 0.3) is 5.91 Å². The van der Waals surface area contributed by atoms with Gasteiger partial charge in [0.2, 0.25) is 0 Å². The van der Waals surface area contributed by atoms with Gasteiger partial charge in [-0.3, -0.25) is 9.69 Å². The molecule has 3 heterocycles. The van der Waals surface area contributed by atoms with Crippen molar-refractivity contribution in [1.82, 2.24) is 15.2 Å². The molecule has 0 aliphatic carbocycles. The highest BCUT2D eigenvalue weighted by atomic mass is 32.1. The van der Waals surface area contributed by atoms with Gasteiger partial charge in [0.1, 0.15) is 5.54 Å². The second-order valence-corrected chi connectivity index (χ2v) is 8.99. The summed E-state index contributed by atoms with van der Waals surface area (Å²) in [4.78, 5) is 33.9. The lowest BCUT2D eigenvalue weighted by Gasteiger charge is -2.40. The summed E-state index contributed by atoms with van der Waals surface area (Å²) in [7, 11) is 0. The number of benzene rings is 2. The Morgan fingerprint density at radius 2 is 1.90 bits per heavy atom. The van der Waals surface area contributed by atoms with Crippen LogP contribution in [-0.4, -0.2) is 40.5 Å². The zero-order chi connectivity index (χ0) is 21.6. The van der Waals surface area contributed by atoms with Crippen molar-refractivity contribution in [2.75, 3.05) is 18.0 Å².